The molecule has 3 heterocycles. The van der Waals surface area contributed by atoms with Crippen molar-refractivity contribution in [1.29, 1.82) is 0 Å². The number of benzene rings is 1. The van der Waals surface area contributed by atoms with Gasteiger partial charge >= 0.3 is 0 Å². The third-order valence-corrected chi connectivity index (χ3v) is 6.68. The number of guanidine groups is 1. The van der Waals surface area contributed by atoms with Crippen molar-refractivity contribution in [1.82, 2.24) is 25.3 Å². The summed E-state index contributed by atoms with van der Waals surface area (Å²) in [6, 6.07) is 10.5. The van der Waals surface area contributed by atoms with Crippen molar-refractivity contribution in [3.8, 4) is 5.69 Å². The molecule has 2 fully saturated rings. The average Bonchev–Trinajstić information content (AvgIpc) is 3.45. The lowest BCUT2D eigenvalue weighted by Crippen LogP contribution is -2.58. The smallest absolute Gasteiger partial charge is 0.191 e. The second-order valence-electron chi connectivity index (χ2n) is 8.78. The van der Waals surface area contributed by atoms with E-state index in [4.69, 9.17) is 4.74 Å². The third kappa shape index (κ3) is 5.63. The van der Waals surface area contributed by atoms with Gasteiger partial charge in [0.15, 0.2) is 5.96 Å². The lowest BCUT2D eigenvalue weighted by Gasteiger charge is -2.45. The van der Waals surface area contributed by atoms with Gasteiger partial charge in [0.2, 0.25) is 0 Å². The molecule has 1 aromatic heterocycles. The first-order chi connectivity index (χ1) is 15.1. The minimum Gasteiger partial charge on any atom is -0.381 e. The molecule has 0 saturated carbocycles. The molecule has 0 bridgehead atoms. The normalized spacial score (nSPS) is 18.9. The lowest BCUT2D eigenvalue weighted by molar-refractivity contribution is -0.0164. The molecule has 1 aromatic carbocycles. The molecular weight excluding hydrogens is 515 g/mol. The Bertz CT molecular complexity index is 900. The Morgan fingerprint density at radius 2 is 1.84 bits per heavy atom. The highest BCUT2D eigenvalue weighted by Gasteiger charge is 2.39. The van der Waals surface area contributed by atoms with Gasteiger partial charge in [0.25, 0.3) is 0 Å². The van der Waals surface area contributed by atoms with Gasteiger partial charge in [-0.2, -0.15) is 5.10 Å². The Kier molecular flexibility index (Phi) is 8.95. The largest absolute Gasteiger partial charge is 0.381 e. The Balaban J connectivity index is 0.00000289. The van der Waals surface area contributed by atoms with Gasteiger partial charge in [-0.15, -0.1) is 24.0 Å². The van der Waals surface area contributed by atoms with Crippen LogP contribution in [0, 0.1) is 13.8 Å². The molecule has 0 aliphatic carbocycles. The molecule has 2 saturated heterocycles. The van der Waals surface area contributed by atoms with E-state index in [0.717, 1.165) is 55.6 Å². The van der Waals surface area contributed by atoms with Gasteiger partial charge in [-0.25, -0.2) is 4.68 Å². The summed E-state index contributed by atoms with van der Waals surface area (Å²) in [5.41, 5.74) is 4.64. The van der Waals surface area contributed by atoms with Crippen LogP contribution in [0.4, 0.5) is 0 Å². The van der Waals surface area contributed by atoms with Crippen molar-refractivity contribution in [2.75, 3.05) is 39.9 Å². The molecule has 4 rings (SSSR count). The zero-order valence-electron chi connectivity index (χ0n) is 19.6. The zero-order chi connectivity index (χ0) is 21.7. The van der Waals surface area contributed by atoms with Gasteiger partial charge in [-0.1, -0.05) is 18.2 Å². The number of aliphatic imine (C=N–C) groups is 1. The van der Waals surface area contributed by atoms with E-state index in [2.05, 4.69) is 62.9 Å². The van der Waals surface area contributed by atoms with Crippen LogP contribution in [0.25, 0.3) is 5.69 Å². The van der Waals surface area contributed by atoms with Crippen LogP contribution in [0.3, 0.4) is 0 Å². The second-order valence-corrected chi connectivity index (χ2v) is 8.78. The van der Waals surface area contributed by atoms with Crippen LogP contribution in [-0.4, -0.2) is 66.1 Å². The molecule has 8 heteroatoms. The first kappa shape index (κ1) is 25.0. The van der Waals surface area contributed by atoms with Crippen LogP contribution >= 0.6 is 24.0 Å². The van der Waals surface area contributed by atoms with E-state index < -0.39 is 0 Å². The SMILES string of the molecule is CN=C(NCc1ccccc1-n1nc(C)cc1C)NCC1(N2CCCC2)CCOCC1.I. The van der Waals surface area contributed by atoms with Gasteiger partial charge in [0, 0.05) is 44.6 Å². The monoisotopic (exact) mass is 552 g/mol. The molecule has 0 radical (unpaired) electrons. The molecule has 7 nitrogen and oxygen atoms in total. The second kappa shape index (κ2) is 11.5. The first-order valence-electron chi connectivity index (χ1n) is 11.5. The lowest BCUT2D eigenvalue weighted by atomic mass is 9.88. The number of aromatic nitrogens is 2. The summed E-state index contributed by atoms with van der Waals surface area (Å²) in [7, 11) is 1.84. The summed E-state index contributed by atoms with van der Waals surface area (Å²) in [5.74, 6) is 0.841. The average molecular weight is 553 g/mol. The molecule has 32 heavy (non-hydrogen) atoms. The van der Waals surface area contributed by atoms with Crippen molar-refractivity contribution in [2.24, 2.45) is 4.99 Å². The summed E-state index contributed by atoms with van der Waals surface area (Å²) in [6.45, 7) is 9.80. The predicted molar refractivity (Wildman–Crippen MR) is 140 cm³/mol. The molecule has 2 N–H and O–H groups in total. The van der Waals surface area contributed by atoms with E-state index >= 15 is 0 Å². The molecular formula is C24H37IN6O. The van der Waals surface area contributed by atoms with Crippen molar-refractivity contribution < 1.29 is 4.74 Å². The Morgan fingerprint density at radius 3 is 2.50 bits per heavy atom. The highest BCUT2D eigenvalue weighted by molar-refractivity contribution is 14.0. The highest BCUT2D eigenvalue weighted by atomic mass is 127. The maximum atomic E-state index is 5.68. The molecule has 176 valence electrons. The van der Waals surface area contributed by atoms with Crippen LogP contribution < -0.4 is 10.6 Å². The summed E-state index contributed by atoms with van der Waals surface area (Å²) in [5, 5.41) is 11.8. The van der Waals surface area contributed by atoms with Gasteiger partial charge in [-0.3, -0.25) is 9.89 Å². The number of halogens is 1. The fourth-order valence-electron chi connectivity index (χ4n) is 4.94. The number of aryl methyl sites for hydroxylation is 2. The molecule has 2 aliphatic heterocycles. The molecule has 2 aliphatic rings. The van der Waals surface area contributed by atoms with Gasteiger partial charge in [0.1, 0.15) is 0 Å². The van der Waals surface area contributed by atoms with Crippen LogP contribution in [0.2, 0.25) is 0 Å². The molecule has 0 unspecified atom stereocenters. The minimum atomic E-state index is 0. The zero-order valence-corrected chi connectivity index (χ0v) is 21.9. The predicted octanol–water partition coefficient (Wildman–Crippen LogP) is 3.42. The fraction of sp³-hybridized carbons (Fsp3) is 0.583. The summed E-state index contributed by atoms with van der Waals surface area (Å²) >= 11 is 0. The molecule has 2 aromatic rings. The van der Waals surface area contributed by atoms with Crippen LogP contribution in [0.15, 0.2) is 35.3 Å². The van der Waals surface area contributed by atoms with E-state index in [1.54, 1.807) is 0 Å². The number of nitrogens with zero attached hydrogens (tertiary/aromatic N) is 4. The van der Waals surface area contributed by atoms with Crippen molar-refractivity contribution in [3.05, 3.63) is 47.3 Å². The maximum absolute atomic E-state index is 5.68. The van der Waals surface area contributed by atoms with Crippen LogP contribution in [-0.2, 0) is 11.3 Å². The molecule has 0 amide bonds. The number of hydrogen-bond donors (Lipinski definition) is 2. The fourth-order valence-corrected chi connectivity index (χ4v) is 4.94. The Labute approximate surface area is 209 Å². The van der Waals surface area contributed by atoms with Crippen LogP contribution in [0.5, 0.6) is 0 Å². The summed E-state index contributed by atoms with van der Waals surface area (Å²) in [6.07, 6.45) is 4.77. The van der Waals surface area contributed by atoms with E-state index in [1.807, 2.05) is 18.7 Å². The van der Waals surface area contributed by atoms with Crippen molar-refractivity contribution in [2.45, 2.75) is 51.6 Å². The van der Waals surface area contributed by atoms with Crippen molar-refractivity contribution >= 4 is 29.9 Å². The minimum absolute atomic E-state index is 0. The van der Waals surface area contributed by atoms with Gasteiger partial charge in [-0.05, 0) is 70.3 Å². The Morgan fingerprint density at radius 1 is 1.12 bits per heavy atom. The number of rotatable bonds is 6. The van der Waals surface area contributed by atoms with E-state index in [0.29, 0.717) is 6.54 Å². The third-order valence-electron chi connectivity index (χ3n) is 6.68. The van der Waals surface area contributed by atoms with Gasteiger partial charge < -0.3 is 15.4 Å². The van der Waals surface area contributed by atoms with E-state index in [-0.39, 0.29) is 29.5 Å². The number of nitrogens with one attached hydrogen (secondary N) is 2. The first-order valence-corrected chi connectivity index (χ1v) is 11.5. The Hall–Kier alpha value is -1.65. The number of ether oxygens (including phenoxy) is 1. The number of hydrogen-bond acceptors (Lipinski definition) is 4. The van der Waals surface area contributed by atoms with Crippen molar-refractivity contribution in [3.63, 3.8) is 0 Å². The molecule has 0 atom stereocenters. The number of likely N-dealkylation sites (tertiary alicyclic amines) is 1. The van der Waals surface area contributed by atoms with E-state index in [9.17, 15) is 0 Å². The number of para-hydroxylation sites is 1. The topological polar surface area (TPSA) is 66.7 Å². The van der Waals surface area contributed by atoms with E-state index in [1.165, 1.54) is 31.5 Å². The van der Waals surface area contributed by atoms with Gasteiger partial charge in [0.05, 0.1) is 11.4 Å². The maximum Gasteiger partial charge on any atom is 0.191 e. The summed E-state index contributed by atoms with van der Waals surface area (Å²) < 4.78 is 7.70. The highest BCUT2D eigenvalue weighted by Crippen LogP contribution is 2.30. The quantitative estimate of drug-likeness (QED) is 0.327. The standard InChI is InChI=1S/C24H36N6O.HI/c1-19-16-20(2)30(28-19)22-9-5-4-8-21(22)17-26-23(25-3)27-18-24(10-14-31-15-11-24)29-12-6-7-13-29;/h4-5,8-9,16H,6-7,10-15,17-18H2,1-3H3,(H2,25,26,27);1H. The molecule has 0 spiro atoms. The summed E-state index contributed by atoms with van der Waals surface area (Å²) in [4.78, 5) is 7.17. The van der Waals surface area contributed by atoms with Crippen LogP contribution in [0.1, 0.15) is 42.6 Å².